The van der Waals surface area contributed by atoms with Gasteiger partial charge in [-0.2, -0.15) is 0 Å². The molecule has 1 saturated heterocycles. The van der Waals surface area contributed by atoms with Gasteiger partial charge in [0.25, 0.3) is 0 Å². The summed E-state index contributed by atoms with van der Waals surface area (Å²) >= 11 is 0. The quantitative estimate of drug-likeness (QED) is 0.834. The first kappa shape index (κ1) is 15.3. The fraction of sp³-hybridized carbons (Fsp3) is 0.600. The van der Waals surface area contributed by atoms with E-state index in [0.717, 1.165) is 38.4 Å². The van der Waals surface area contributed by atoms with E-state index in [1.54, 1.807) is 7.05 Å². The molecule has 2 unspecified atom stereocenters. The van der Waals surface area contributed by atoms with Crippen LogP contribution >= 0.6 is 0 Å². The number of ether oxygens (including phenoxy) is 1. The van der Waals surface area contributed by atoms with Gasteiger partial charge in [0.1, 0.15) is 5.82 Å². The molecule has 0 aliphatic carbocycles. The molecule has 0 amide bonds. The molecule has 5 heteroatoms. The van der Waals surface area contributed by atoms with E-state index >= 15 is 0 Å². The third-order valence-electron chi connectivity index (χ3n) is 3.81. The second-order valence-corrected chi connectivity index (χ2v) is 5.20. The van der Waals surface area contributed by atoms with E-state index in [0.29, 0.717) is 12.5 Å². The molecule has 1 heterocycles. The van der Waals surface area contributed by atoms with Crippen LogP contribution in [-0.2, 0) is 4.74 Å². The number of hydrogen-bond acceptors (Lipinski definition) is 2. The Morgan fingerprint density at radius 3 is 2.60 bits per heavy atom. The molecule has 0 bridgehead atoms. The molecule has 1 aliphatic heterocycles. The lowest BCUT2D eigenvalue weighted by Crippen LogP contribution is -2.23. The minimum atomic E-state index is -1.16. The third kappa shape index (κ3) is 3.73. The molecule has 1 N–H and O–H groups in total. The summed E-state index contributed by atoms with van der Waals surface area (Å²) in [4.78, 5) is 0. The molecule has 0 aromatic heterocycles. The molecule has 0 radical (unpaired) electrons. The van der Waals surface area contributed by atoms with Gasteiger partial charge in [-0.1, -0.05) is 0 Å². The van der Waals surface area contributed by atoms with Gasteiger partial charge in [-0.25, -0.2) is 13.2 Å². The highest BCUT2D eigenvalue weighted by Gasteiger charge is 2.20. The predicted octanol–water partition coefficient (Wildman–Crippen LogP) is 3.71. The van der Waals surface area contributed by atoms with Gasteiger partial charge in [0.15, 0.2) is 11.6 Å². The Morgan fingerprint density at radius 1 is 1.20 bits per heavy atom. The Bertz CT molecular complexity index is 447. The van der Waals surface area contributed by atoms with E-state index < -0.39 is 17.5 Å². The van der Waals surface area contributed by atoms with Crippen molar-refractivity contribution in [3.63, 3.8) is 0 Å². The molecular formula is C15H20F3NO. The van der Waals surface area contributed by atoms with Crippen molar-refractivity contribution in [2.75, 3.05) is 13.7 Å². The standard InChI is InChI=1S/C15H20F3NO/c1-19-15(6-5-10-4-2-3-7-20-10)11-8-13(17)14(18)9-12(11)16/h8-10,15,19H,2-7H2,1H3. The highest BCUT2D eigenvalue weighted by molar-refractivity contribution is 5.23. The Kier molecular flexibility index (Phi) is 5.43. The van der Waals surface area contributed by atoms with Crippen LogP contribution in [0.3, 0.4) is 0 Å². The normalized spacial score (nSPS) is 20.9. The van der Waals surface area contributed by atoms with E-state index in [9.17, 15) is 13.2 Å². The molecule has 0 saturated carbocycles. The summed E-state index contributed by atoms with van der Waals surface area (Å²) in [6.07, 6.45) is 4.84. The zero-order chi connectivity index (χ0) is 14.5. The van der Waals surface area contributed by atoms with Crippen molar-refractivity contribution in [3.8, 4) is 0 Å². The SMILES string of the molecule is CNC(CCC1CCCCO1)c1cc(F)c(F)cc1F. The van der Waals surface area contributed by atoms with Gasteiger partial charge in [-0.05, 0) is 45.2 Å². The van der Waals surface area contributed by atoms with Gasteiger partial charge in [-0.15, -0.1) is 0 Å². The van der Waals surface area contributed by atoms with E-state index in [-0.39, 0.29) is 17.7 Å². The molecule has 2 atom stereocenters. The van der Waals surface area contributed by atoms with Gasteiger partial charge in [0.2, 0.25) is 0 Å². The van der Waals surface area contributed by atoms with E-state index in [2.05, 4.69) is 5.32 Å². The monoisotopic (exact) mass is 287 g/mol. The first-order chi connectivity index (χ1) is 9.61. The van der Waals surface area contributed by atoms with Crippen LogP contribution in [0.4, 0.5) is 13.2 Å². The fourth-order valence-electron chi connectivity index (χ4n) is 2.65. The maximum atomic E-state index is 13.8. The summed E-state index contributed by atoms with van der Waals surface area (Å²) in [6.45, 7) is 0.772. The summed E-state index contributed by atoms with van der Waals surface area (Å²) in [6, 6.07) is 1.20. The van der Waals surface area contributed by atoms with Crippen molar-refractivity contribution in [1.29, 1.82) is 0 Å². The van der Waals surface area contributed by atoms with E-state index in [1.165, 1.54) is 0 Å². The number of benzene rings is 1. The first-order valence-electron chi connectivity index (χ1n) is 7.05. The Morgan fingerprint density at radius 2 is 1.95 bits per heavy atom. The molecule has 20 heavy (non-hydrogen) atoms. The van der Waals surface area contributed by atoms with Crippen LogP contribution in [0.25, 0.3) is 0 Å². The average Bonchev–Trinajstić information content (AvgIpc) is 2.46. The zero-order valence-electron chi connectivity index (χ0n) is 11.6. The lowest BCUT2D eigenvalue weighted by Gasteiger charge is -2.25. The molecule has 0 spiro atoms. The molecule has 1 fully saturated rings. The molecule has 1 aromatic rings. The first-order valence-corrected chi connectivity index (χ1v) is 7.05. The van der Waals surface area contributed by atoms with Crippen LogP contribution in [0.1, 0.15) is 43.7 Å². The van der Waals surface area contributed by atoms with Crippen LogP contribution in [0.2, 0.25) is 0 Å². The highest BCUT2D eigenvalue weighted by Crippen LogP contribution is 2.26. The van der Waals surface area contributed by atoms with Crippen molar-refractivity contribution in [1.82, 2.24) is 5.32 Å². The number of rotatable bonds is 5. The number of halogens is 3. The van der Waals surface area contributed by atoms with Crippen molar-refractivity contribution in [2.24, 2.45) is 0 Å². The van der Waals surface area contributed by atoms with Crippen LogP contribution < -0.4 is 5.32 Å². The maximum Gasteiger partial charge on any atom is 0.161 e. The van der Waals surface area contributed by atoms with Gasteiger partial charge in [0.05, 0.1) is 6.10 Å². The predicted molar refractivity (Wildman–Crippen MR) is 70.9 cm³/mol. The van der Waals surface area contributed by atoms with E-state index in [4.69, 9.17) is 4.74 Å². The van der Waals surface area contributed by atoms with Crippen molar-refractivity contribution < 1.29 is 17.9 Å². The molecule has 2 nitrogen and oxygen atoms in total. The van der Waals surface area contributed by atoms with Crippen LogP contribution in [0.15, 0.2) is 12.1 Å². The Balaban J connectivity index is 2.02. The smallest absolute Gasteiger partial charge is 0.161 e. The van der Waals surface area contributed by atoms with Crippen molar-refractivity contribution >= 4 is 0 Å². The fourth-order valence-corrected chi connectivity index (χ4v) is 2.65. The van der Waals surface area contributed by atoms with Gasteiger partial charge < -0.3 is 10.1 Å². The summed E-state index contributed by atoms with van der Waals surface area (Å²) in [5, 5.41) is 2.96. The summed E-state index contributed by atoms with van der Waals surface area (Å²) in [5.74, 6) is -2.89. The Hall–Kier alpha value is -1.07. The topological polar surface area (TPSA) is 21.3 Å². The molecule has 2 rings (SSSR count). The van der Waals surface area contributed by atoms with E-state index in [1.807, 2.05) is 0 Å². The largest absolute Gasteiger partial charge is 0.378 e. The van der Waals surface area contributed by atoms with Gasteiger partial charge in [0, 0.05) is 24.3 Å². The zero-order valence-corrected chi connectivity index (χ0v) is 11.6. The van der Waals surface area contributed by atoms with Crippen LogP contribution in [0.5, 0.6) is 0 Å². The lowest BCUT2D eigenvalue weighted by atomic mass is 9.97. The third-order valence-corrected chi connectivity index (χ3v) is 3.81. The summed E-state index contributed by atoms with van der Waals surface area (Å²) in [5.41, 5.74) is 0.169. The minimum Gasteiger partial charge on any atom is -0.378 e. The van der Waals surface area contributed by atoms with Crippen molar-refractivity contribution in [3.05, 3.63) is 35.1 Å². The lowest BCUT2D eigenvalue weighted by molar-refractivity contribution is 0.00860. The number of hydrogen-bond donors (Lipinski definition) is 1. The second kappa shape index (κ2) is 7.09. The molecule has 112 valence electrons. The second-order valence-electron chi connectivity index (χ2n) is 5.20. The molecule has 1 aliphatic rings. The average molecular weight is 287 g/mol. The summed E-state index contributed by atoms with van der Waals surface area (Å²) in [7, 11) is 1.69. The molecule has 1 aromatic carbocycles. The Labute approximate surface area is 117 Å². The van der Waals surface area contributed by atoms with Gasteiger partial charge >= 0.3 is 0 Å². The maximum absolute atomic E-state index is 13.8. The van der Waals surface area contributed by atoms with Crippen molar-refractivity contribution in [2.45, 2.75) is 44.2 Å². The highest BCUT2D eigenvalue weighted by atomic mass is 19.2. The number of nitrogens with one attached hydrogen (secondary N) is 1. The molecular weight excluding hydrogens is 267 g/mol. The minimum absolute atomic E-state index is 0.169. The van der Waals surface area contributed by atoms with Crippen LogP contribution in [0, 0.1) is 17.5 Å². The summed E-state index contributed by atoms with van der Waals surface area (Å²) < 4.78 is 45.6. The van der Waals surface area contributed by atoms with Crippen LogP contribution in [-0.4, -0.2) is 19.8 Å². The van der Waals surface area contributed by atoms with Gasteiger partial charge in [-0.3, -0.25) is 0 Å².